The molecule has 7 heteroatoms. The zero-order valence-corrected chi connectivity index (χ0v) is 12.0. The molecule has 0 amide bonds. The second kappa shape index (κ2) is 5.94. The van der Waals surface area contributed by atoms with Crippen LogP contribution in [-0.2, 0) is 14.8 Å². The minimum Gasteiger partial charge on any atom is -0.465 e. The van der Waals surface area contributed by atoms with Gasteiger partial charge in [0.2, 0.25) is 10.0 Å². The van der Waals surface area contributed by atoms with Gasteiger partial charge >= 0.3 is 5.97 Å². The topological polar surface area (TPSA) is 95.7 Å². The van der Waals surface area contributed by atoms with E-state index in [2.05, 4.69) is 4.74 Å². The molecule has 0 aromatic heterocycles. The fourth-order valence-electron chi connectivity index (χ4n) is 1.70. The van der Waals surface area contributed by atoms with Crippen molar-refractivity contribution in [1.82, 2.24) is 0 Å². The lowest BCUT2D eigenvalue weighted by Gasteiger charge is -2.10. The number of hydrogen-bond donors (Lipinski definition) is 1. The van der Waals surface area contributed by atoms with Gasteiger partial charge < -0.3 is 9.47 Å². The van der Waals surface area contributed by atoms with Gasteiger partial charge in [0.05, 0.1) is 17.6 Å². The zero-order chi connectivity index (χ0) is 15.5. The van der Waals surface area contributed by atoms with Gasteiger partial charge in [0.15, 0.2) is 0 Å². The Bertz CT molecular complexity index is 756. The third-order valence-corrected chi connectivity index (χ3v) is 3.59. The van der Waals surface area contributed by atoms with E-state index in [0.717, 1.165) is 7.11 Å². The highest BCUT2D eigenvalue weighted by Crippen LogP contribution is 2.26. The number of carbonyl (C=O) groups excluding carboxylic acids is 1. The van der Waals surface area contributed by atoms with Gasteiger partial charge in [-0.05, 0) is 24.3 Å². The van der Waals surface area contributed by atoms with Crippen molar-refractivity contribution in [2.45, 2.75) is 4.90 Å². The summed E-state index contributed by atoms with van der Waals surface area (Å²) in [7, 11) is -2.93. The summed E-state index contributed by atoms with van der Waals surface area (Å²) in [5, 5.41) is 5.12. The predicted octanol–water partition coefficient (Wildman–Crippen LogP) is 1.91. The summed E-state index contributed by atoms with van der Waals surface area (Å²) in [5.74, 6) is -0.00754. The number of esters is 1. The molecule has 110 valence electrons. The summed E-state index contributed by atoms with van der Waals surface area (Å²) >= 11 is 0. The van der Waals surface area contributed by atoms with E-state index in [1.165, 1.54) is 18.2 Å². The van der Waals surface area contributed by atoms with Crippen molar-refractivity contribution in [3.05, 3.63) is 54.1 Å². The number of benzene rings is 2. The van der Waals surface area contributed by atoms with Crippen LogP contribution < -0.4 is 9.88 Å². The summed E-state index contributed by atoms with van der Waals surface area (Å²) in [4.78, 5) is 11.2. The van der Waals surface area contributed by atoms with Crippen LogP contribution in [-0.4, -0.2) is 21.5 Å². The smallest absolute Gasteiger partial charge is 0.339 e. The fourth-order valence-corrected chi connectivity index (χ4v) is 2.44. The van der Waals surface area contributed by atoms with E-state index in [-0.39, 0.29) is 16.2 Å². The summed E-state index contributed by atoms with van der Waals surface area (Å²) < 4.78 is 33.2. The quantitative estimate of drug-likeness (QED) is 0.870. The lowest BCUT2D eigenvalue weighted by Crippen LogP contribution is -2.17. The molecule has 21 heavy (non-hydrogen) atoms. The van der Waals surface area contributed by atoms with Gasteiger partial charge in [-0.1, -0.05) is 18.2 Å². The summed E-state index contributed by atoms with van der Waals surface area (Å²) in [6, 6.07) is 12.8. The van der Waals surface area contributed by atoms with Crippen molar-refractivity contribution in [2.24, 2.45) is 5.14 Å². The van der Waals surface area contributed by atoms with Crippen molar-refractivity contribution in [1.29, 1.82) is 0 Å². The molecule has 2 N–H and O–H groups in total. The van der Waals surface area contributed by atoms with Crippen molar-refractivity contribution in [2.75, 3.05) is 7.11 Å². The van der Waals surface area contributed by atoms with E-state index in [1.54, 1.807) is 24.3 Å². The van der Waals surface area contributed by atoms with Gasteiger partial charge in [-0.15, -0.1) is 0 Å². The van der Waals surface area contributed by atoms with Gasteiger partial charge in [-0.2, -0.15) is 0 Å². The van der Waals surface area contributed by atoms with E-state index in [1.807, 2.05) is 6.07 Å². The standard InChI is InChI=1S/C14H13NO5S/c1-19-14(16)12-8-7-11(9-13(12)21(15,17)18)20-10-5-3-2-4-6-10/h2-9H,1H3,(H2,15,17,18). The number of primary sulfonamides is 1. The molecular weight excluding hydrogens is 294 g/mol. The molecule has 2 aromatic carbocycles. The molecule has 0 spiro atoms. The van der Waals surface area contributed by atoms with Crippen molar-refractivity contribution in [3.8, 4) is 11.5 Å². The van der Waals surface area contributed by atoms with E-state index >= 15 is 0 Å². The number of methoxy groups -OCH3 is 1. The van der Waals surface area contributed by atoms with Crippen LogP contribution >= 0.6 is 0 Å². The highest BCUT2D eigenvalue weighted by molar-refractivity contribution is 7.89. The summed E-state index contributed by atoms with van der Waals surface area (Å²) in [6.07, 6.45) is 0. The molecule has 0 bridgehead atoms. The second-order valence-corrected chi connectivity index (χ2v) is 5.64. The monoisotopic (exact) mass is 307 g/mol. The van der Waals surface area contributed by atoms with Gasteiger partial charge in [-0.3, -0.25) is 0 Å². The van der Waals surface area contributed by atoms with Gasteiger partial charge in [0, 0.05) is 6.07 Å². The molecule has 0 unspecified atom stereocenters. The Morgan fingerprint density at radius 1 is 1.05 bits per heavy atom. The molecule has 0 saturated carbocycles. The van der Waals surface area contributed by atoms with Gasteiger partial charge in [0.25, 0.3) is 0 Å². The highest BCUT2D eigenvalue weighted by Gasteiger charge is 2.21. The lowest BCUT2D eigenvalue weighted by molar-refractivity contribution is 0.0596. The molecule has 0 atom stereocenters. The Morgan fingerprint density at radius 2 is 1.71 bits per heavy atom. The maximum Gasteiger partial charge on any atom is 0.339 e. The summed E-state index contributed by atoms with van der Waals surface area (Å²) in [6.45, 7) is 0. The average molecular weight is 307 g/mol. The Hall–Kier alpha value is -2.38. The van der Waals surface area contributed by atoms with Gasteiger partial charge in [0.1, 0.15) is 11.5 Å². The Balaban J connectivity index is 2.45. The van der Waals surface area contributed by atoms with Crippen LogP contribution in [0.25, 0.3) is 0 Å². The molecule has 6 nitrogen and oxygen atoms in total. The molecule has 2 aromatic rings. The third-order valence-electron chi connectivity index (χ3n) is 2.64. The van der Waals surface area contributed by atoms with E-state index in [9.17, 15) is 13.2 Å². The molecule has 0 aliphatic heterocycles. The third kappa shape index (κ3) is 3.59. The molecule has 0 fully saturated rings. The minimum atomic E-state index is -4.08. The first-order valence-electron chi connectivity index (χ1n) is 5.90. The fraction of sp³-hybridized carbons (Fsp3) is 0.0714. The number of rotatable bonds is 4. The highest BCUT2D eigenvalue weighted by atomic mass is 32.2. The first-order valence-corrected chi connectivity index (χ1v) is 7.44. The second-order valence-electron chi connectivity index (χ2n) is 4.11. The lowest BCUT2D eigenvalue weighted by atomic mass is 10.2. The average Bonchev–Trinajstić information content (AvgIpc) is 2.46. The first-order chi connectivity index (χ1) is 9.91. The molecule has 2 rings (SSSR count). The normalized spacial score (nSPS) is 11.0. The molecular formula is C14H13NO5S. The van der Waals surface area contributed by atoms with E-state index in [4.69, 9.17) is 9.88 Å². The predicted molar refractivity (Wildman–Crippen MR) is 75.7 cm³/mol. The van der Waals surface area contributed by atoms with Crippen LogP contribution in [0, 0.1) is 0 Å². The number of ether oxygens (including phenoxy) is 2. The van der Waals surface area contributed by atoms with Crippen LogP contribution in [0.5, 0.6) is 11.5 Å². The van der Waals surface area contributed by atoms with Crippen molar-refractivity contribution in [3.63, 3.8) is 0 Å². The van der Waals surface area contributed by atoms with E-state index < -0.39 is 16.0 Å². The molecule has 0 aliphatic carbocycles. The van der Waals surface area contributed by atoms with Gasteiger partial charge in [-0.25, -0.2) is 18.4 Å². The Kier molecular flexibility index (Phi) is 4.25. The summed E-state index contributed by atoms with van der Waals surface area (Å²) in [5.41, 5.74) is -0.139. The van der Waals surface area contributed by atoms with Crippen LogP contribution in [0.15, 0.2) is 53.4 Å². The van der Waals surface area contributed by atoms with Crippen molar-refractivity contribution >= 4 is 16.0 Å². The number of sulfonamides is 1. The van der Waals surface area contributed by atoms with E-state index in [0.29, 0.717) is 5.75 Å². The van der Waals surface area contributed by atoms with Crippen LogP contribution in [0.1, 0.15) is 10.4 Å². The maximum atomic E-state index is 11.6. The molecule has 0 saturated heterocycles. The number of carbonyl (C=O) groups is 1. The minimum absolute atomic E-state index is 0.139. The van der Waals surface area contributed by atoms with Crippen LogP contribution in [0.4, 0.5) is 0 Å². The molecule has 0 heterocycles. The largest absolute Gasteiger partial charge is 0.465 e. The van der Waals surface area contributed by atoms with Crippen LogP contribution in [0.3, 0.4) is 0 Å². The number of para-hydroxylation sites is 1. The molecule has 0 radical (unpaired) electrons. The zero-order valence-electron chi connectivity index (χ0n) is 11.1. The number of nitrogens with two attached hydrogens (primary N) is 1. The Morgan fingerprint density at radius 3 is 2.29 bits per heavy atom. The SMILES string of the molecule is COC(=O)c1ccc(Oc2ccccc2)cc1S(N)(=O)=O. The Labute approximate surface area is 122 Å². The van der Waals surface area contributed by atoms with Crippen molar-refractivity contribution < 1.29 is 22.7 Å². The first kappa shape index (κ1) is 15.0. The number of hydrogen-bond acceptors (Lipinski definition) is 5. The van der Waals surface area contributed by atoms with Crippen LogP contribution in [0.2, 0.25) is 0 Å². The maximum absolute atomic E-state index is 11.6. The molecule has 0 aliphatic rings.